The molecule has 2 amide bonds. The third-order valence-corrected chi connectivity index (χ3v) is 4.94. The Morgan fingerprint density at radius 1 is 1.08 bits per heavy atom. The number of benzene rings is 2. The Bertz CT molecular complexity index is 893. The van der Waals surface area contributed by atoms with Crippen molar-refractivity contribution in [3.8, 4) is 11.5 Å². The third-order valence-electron chi connectivity index (χ3n) is 4.94. The van der Waals surface area contributed by atoms with Gasteiger partial charge >= 0.3 is 0 Å². The number of nitrogens with one attached hydrogen (secondary N) is 1. The molecule has 0 bridgehead atoms. The number of hydrogen-bond donors (Lipinski definition) is 1. The quantitative estimate of drug-likeness (QED) is 0.922. The molecule has 2 aromatic carbocycles. The summed E-state index contributed by atoms with van der Waals surface area (Å²) in [5, 5.41) is 2.87. The molecule has 0 radical (unpaired) electrons. The van der Waals surface area contributed by atoms with E-state index in [1.165, 1.54) is 5.56 Å². The highest BCUT2D eigenvalue weighted by molar-refractivity contribution is 6.03. The lowest BCUT2D eigenvalue weighted by atomic mass is 10.1. The normalized spacial score (nSPS) is 18.3. The summed E-state index contributed by atoms with van der Waals surface area (Å²) in [6, 6.07) is 11.2. The summed E-state index contributed by atoms with van der Waals surface area (Å²) < 4.78 is 10.6. The maximum absolute atomic E-state index is 12.6. The van der Waals surface area contributed by atoms with Gasteiger partial charge in [0.1, 0.15) is 0 Å². The number of aryl methyl sites for hydroxylation is 2. The van der Waals surface area contributed by atoms with Gasteiger partial charge in [-0.3, -0.25) is 9.59 Å². The van der Waals surface area contributed by atoms with E-state index in [4.69, 9.17) is 9.47 Å². The van der Waals surface area contributed by atoms with E-state index in [0.29, 0.717) is 23.7 Å². The van der Waals surface area contributed by atoms with E-state index in [9.17, 15) is 9.59 Å². The van der Waals surface area contributed by atoms with Crippen LogP contribution in [-0.2, 0) is 9.59 Å². The van der Waals surface area contributed by atoms with Gasteiger partial charge in [0.05, 0.1) is 5.92 Å². The average molecular weight is 352 g/mol. The fourth-order valence-electron chi connectivity index (χ4n) is 3.24. The highest BCUT2D eigenvalue weighted by Gasteiger charge is 2.35. The smallest absolute Gasteiger partial charge is 0.231 e. The first-order valence-corrected chi connectivity index (χ1v) is 8.59. The molecule has 2 heterocycles. The van der Waals surface area contributed by atoms with Gasteiger partial charge < -0.3 is 19.7 Å². The van der Waals surface area contributed by atoms with Crippen LogP contribution in [-0.4, -0.2) is 25.2 Å². The molecule has 134 valence electrons. The van der Waals surface area contributed by atoms with Gasteiger partial charge in [-0.1, -0.05) is 6.07 Å². The number of rotatable bonds is 3. The van der Waals surface area contributed by atoms with E-state index in [2.05, 4.69) is 5.32 Å². The van der Waals surface area contributed by atoms with Crippen molar-refractivity contribution in [1.82, 2.24) is 0 Å². The zero-order valence-electron chi connectivity index (χ0n) is 14.7. The van der Waals surface area contributed by atoms with Crippen LogP contribution in [0.15, 0.2) is 36.4 Å². The molecule has 2 aromatic rings. The molecule has 0 unspecified atom stereocenters. The van der Waals surface area contributed by atoms with Gasteiger partial charge in [0, 0.05) is 30.4 Å². The van der Waals surface area contributed by atoms with E-state index in [0.717, 1.165) is 11.3 Å². The first-order chi connectivity index (χ1) is 12.5. The fourth-order valence-corrected chi connectivity index (χ4v) is 3.24. The molecule has 0 aliphatic carbocycles. The Labute approximate surface area is 151 Å². The number of ether oxygens (including phenoxy) is 2. The van der Waals surface area contributed by atoms with Gasteiger partial charge in [-0.2, -0.15) is 0 Å². The van der Waals surface area contributed by atoms with Crippen molar-refractivity contribution in [3.05, 3.63) is 47.5 Å². The molecule has 2 aliphatic heterocycles. The van der Waals surface area contributed by atoms with Crippen LogP contribution >= 0.6 is 0 Å². The van der Waals surface area contributed by atoms with Crippen molar-refractivity contribution in [3.63, 3.8) is 0 Å². The summed E-state index contributed by atoms with van der Waals surface area (Å²) in [4.78, 5) is 26.7. The topological polar surface area (TPSA) is 67.9 Å². The molecule has 1 saturated heterocycles. The van der Waals surface area contributed by atoms with Crippen molar-refractivity contribution < 1.29 is 19.1 Å². The van der Waals surface area contributed by atoms with Crippen LogP contribution in [0.25, 0.3) is 0 Å². The zero-order chi connectivity index (χ0) is 18.3. The maximum atomic E-state index is 12.6. The van der Waals surface area contributed by atoms with E-state index >= 15 is 0 Å². The van der Waals surface area contributed by atoms with Crippen molar-refractivity contribution in [1.29, 1.82) is 0 Å². The van der Waals surface area contributed by atoms with E-state index < -0.39 is 0 Å². The SMILES string of the molecule is Cc1ccc(N2C[C@H](C(=O)Nc3ccc4c(c3)OCO4)CC2=O)cc1C. The lowest BCUT2D eigenvalue weighted by Gasteiger charge is -2.18. The second kappa shape index (κ2) is 6.37. The van der Waals surface area contributed by atoms with Gasteiger partial charge in [0.2, 0.25) is 18.6 Å². The minimum atomic E-state index is -0.380. The number of nitrogens with zero attached hydrogens (tertiary/aromatic N) is 1. The van der Waals surface area contributed by atoms with Crippen LogP contribution in [0.3, 0.4) is 0 Å². The Morgan fingerprint density at radius 3 is 2.69 bits per heavy atom. The van der Waals surface area contributed by atoms with E-state index in [1.807, 2.05) is 32.0 Å². The van der Waals surface area contributed by atoms with Crippen LogP contribution in [0.4, 0.5) is 11.4 Å². The van der Waals surface area contributed by atoms with Crippen molar-refractivity contribution in [2.24, 2.45) is 5.92 Å². The number of anilines is 2. The average Bonchev–Trinajstić information content (AvgIpc) is 3.23. The summed E-state index contributed by atoms with van der Waals surface area (Å²) in [5.74, 6) is 0.708. The van der Waals surface area contributed by atoms with Gasteiger partial charge in [-0.25, -0.2) is 0 Å². The highest BCUT2D eigenvalue weighted by Crippen LogP contribution is 2.34. The second-order valence-electron chi connectivity index (χ2n) is 6.73. The summed E-state index contributed by atoms with van der Waals surface area (Å²) in [7, 11) is 0. The predicted octanol–water partition coefficient (Wildman–Crippen LogP) is 3.02. The molecular formula is C20H20N2O4. The first kappa shape index (κ1) is 16.4. The monoisotopic (exact) mass is 352 g/mol. The molecule has 0 saturated carbocycles. The molecule has 6 nitrogen and oxygen atoms in total. The highest BCUT2D eigenvalue weighted by atomic mass is 16.7. The Kier molecular flexibility index (Phi) is 4.03. The van der Waals surface area contributed by atoms with Crippen LogP contribution in [0, 0.1) is 19.8 Å². The largest absolute Gasteiger partial charge is 0.454 e. The molecule has 6 heteroatoms. The summed E-state index contributed by atoms with van der Waals surface area (Å²) in [5.41, 5.74) is 3.79. The number of carbonyl (C=O) groups is 2. The van der Waals surface area contributed by atoms with Crippen LogP contribution in [0.1, 0.15) is 17.5 Å². The predicted molar refractivity (Wildman–Crippen MR) is 97.6 cm³/mol. The molecule has 2 aliphatic rings. The molecule has 0 spiro atoms. The summed E-state index contributed by atoms with van der Waals surface area (Å²) in [6.07, 6.45) is 0.212. The van der Waals surface area contributed by atoms with Crippen molar-refractivity contribution in [2.75, 3.05) is 23.6 Å². The van der Waals surface area contributed by atoms with E-state index in [1.54, 1.807) is 23.1 Å². The number of fused-ring (bicyclic) bond motifs is 1. The van der Waals surface area contributed by atoms with Gasteiger partial charge in [-0.05, 0) is 49.2 Å². The minimum absolute atomic E-state index is 0.0286. The van der Waals surface area contributed by atoms with Gasteiger partial charge in [0.15, 0.2) is 11.5 Å². The molecule has 1 N–H and O–H groups in total. The maximum Gasteiger partial charge on any atom is 0.231 e. The standard InChI is InChI=1S/C20H20N2O4/c1-12-3-5-16(7-13(12)2)22-10-14(8-19(22)23)20(24)21-15-4-6-17-18(9-15)26-11-25-17/h3-7,9,14H,8,10-11H2,1-2H3,(H,21,24)/t14-/m1/s1. The molecule has 1 atom stereocenters. The van der Waals surface area contributed by atoms with Crippen LogP contribution < -0.4 is 19.7 Å². The first-order valence-electron chi connectivity index (χ1n) is 8.59. The molecule has 4 rings (SSSR count). The Hall–Kier alpha value is -3.02. The molecule has 1 fully saturated rings. The van der Waals surface area contributed by atoms with Crippen molar-refractivity contribution in [2.45, 2.75) is 20.3 Å². The minimum Gasteiger partial charge on any atom is -0.454 e. The van der Waals surface area contributed by atoms with E-state index in [-0.39, 0.29) is 30.9 Å². The molecule has 0 aromatic heterocycles. The van der Waals surface area contributed by atoms with Gasteiger partial charge in [-0.15, -0.1) is 0 Å². The summed E-state index contributed by atoms with van der Waals surface area (Å²) >= 11 is 0. The second-order valence-corrected chi connectivity index (χ2v) is 6.73. The lowest BCUT2D eigenvalue weighted by molar-refractivity contribution is -0.122. The van der Waals surface area contributed by atoms with Crippen molar-refractivity contribution >= 4 is 23.2 Å². The number of hydrogen-bond acceptors (Lipinski definition) is 4. The Morgan fingerprint density at radius 2 is 1.88 bits per heavy atom. The number of amides is 2. The third kappa shape index (κ3) is 2.98. The fraction of sp³-hybridized carbons (Fsp3) is 0.300. The molecule has 26 heavy (non-hydrogen) atoms. The summed E-state index contributed by atoms with van der Waals surface area (Å²) in [6.45, 7) is 4.63. The molecular weight excluding hydrogens is 332 g/mol. The van der Waals surface area contributed by atoms with Gasteiger partial charge in [0.25, 0.3) is 0 Å². The number of carbonyl (C=O) groups excluding carboxylic acids is 2. The zero-order valence-corrected chi connectivity index (χ0v) is 14.7. The van der Waals surface area contributed by atoms with Crippen LogP contribution in [0.5, 0.6) is 11.5 Å². The van der Waals surface area contributed by atoms with Crippen LogP contribution in [0.2, 0.25) is 0 Å². The Balaban J connectivity index is 1.46. The lowest BCUT2D eigenvalue weighted by Crippen LogP contribution is -2.28.